The predicted molar refractivity (Wildman–Crippen MR) is 161 cm³/mol. The maximum atomic E-state index is 16.5. The number of imidazole rings is 1. The van der Waals surface area contributed by atoms with Crippen molar-refractivity contribution < 1.29 is 47.2 Å². The van der Waals surface area contributed by atoms with Crippen LogP contribution in [0.15, 0.2) is 36.7 Å². The SMILES string of the molecule is C#C[C@]1(O)[C@H](n2cnc3c(OCC)nc(N)nc32)O[C@](F)(COP(=O)(NC(C)C(=O)OC2CCCCC2)Oc2ccccc2)[C@H]1O. The first kappa shape index (κ1) is 33.5. The molecule has 3 aromatic rings. The number of aliphatic hydroxyl groups is 2. The van der Waals surface area contributed by atoms with Gasteiger partial charge in [0.25, 0.3) is 5.85 Å². The van der Waals surface area contributed by atoms with Gasteiger partial charge in [0, 0.05) is 0 Å². The zero-order valence-electron chi connectivity index (χ0n) is 25.2. The van der Waals surface area contributed by atoms with Crippen molar-refractivity contribution in [2.45, 2.75) is 81.9 Å². The Labute approximate surface area is 264 Å². The number of terminal acetylenes is 1. The average Bonchev–Trinajstić information content (AvgIpc) is 3.54. The molecule has 6 atom stereocenters. The van der Waals surface area contributed by atoms with Crippen molar-refractivity contribution in [2.75, 3.05) is 18.9 Å². The predicted octanol–water partition coefficient (Wildman–Crippen LogP) is 2.78. The van der Waals surface area contributed by atoms with Gasteiger partial charge in [-0.05, 0) is 51.7 Å². The number of halogens is 1. The first-order valence-electron chi connectivity index (χ1n) is 14.8. The van der Waals surface area contributed by atoms with E-state index in [1.54, 1.807) is 25.1 Å². The number of nitrogens with two attached hydrogens (primary N) is 1. The molecular weight excluding hydrogens is 626 g/mol. The van der Waals surface area contributed by atoms with Crippen LogP contribution in [-0.2, 0) is 23.4 Å². The number of ether oxygens (including phenoxy) is 3. The van der Waals surface area contributed by atoms with Crippen molar-refractivity contribution in [1.29, 1.82) is 0 Å². The van der Waals surface area contributed by atoms with Gasteiger partial charge in [-0.1, -0.05) is 30.5 Å². The molecule has 5 rings (SSSR count). The molecule has 2 unspecified atom stereocenters. The summed E-state index contributed by atoms with van der Waals surface area (Å²) in [7, 11) is -4.60. The van der Waals surface area contributed by atoms with Gasteiger partial charge in [-0.25, -0.2) is 13.9 Å². The summed E-state index contributed by atoms with van der Waals surface area (Å²) < 4.78 is 59.2. The van der Waals surface area contributed by atoms with Crippen LogP contribution in [0.5, 0.6) is 11.6 Å². The van der Waals surface area contributed by atoms with Crippen LogP contribution in [0.25, 0.3) is 11.2 Å². The summed E-state index contributed by atoms with van der Waals surface area (Å²) in [6, 6.07) is 6.61. The maximum Gasteiger partial charge on any atom is 0.459 e. The lowest BCUT2D eigenvalue weighted by molar-refractivity contribution is -0.202. The van der Waals surface area contributed by atoms with Gasteiger partial charge in [-0.2, -0.15) is 15.1 Å². The first-order chi connectivity index (χ1) is 21.9. The lowest BCUT2D eigenvalue weighted by Gasteiger charge is -2.29. The number of fused-ring (bicyclic) bond motifs is 1. The number of rotatable bonds is 12. The monoisotopic (exact) mass is 662 g/mol. The summed E-state index contributed by atoms with van der Waals surface area (Å²) in [4.78, 5) is 25.1. The number of nitrogen functional groups attached to an aromatic ring is 1. The van der Waals surface area contributed by atoms with Gasteiger partial charge in [-0.15, -0.1) is 6.42 Å². The van der Waals surface area contributed by atoms with Crippen molar-refractivity contribution >= 4 is 30.8 Å². The second-order valence-corrected chi connectivity index (χ2v) is 12.7. The van der Waals surface area contributed by atoms with E-state index in [0.29, 0.717) is 12.8 Å². The van der Waals surface area contributed by atoms with E-state index in [1.165, 1.54) is 19.1 Å². The standard InChI is InChI=1S/C29H36FN6O9P/c1-4-28(39)25(38)29(30,44-26(28)36-17-32-21-22(36)33-27(31)34-23(21)41-5-2)16-42-46(40,45-20-14-10-7-11-15-20)35-18(3)24(37)43-19-12-8-6-9-13-19/h1,7,10-11,14-15,17-19,25-26,38-39H,5-6,8-9,12-13,16H2,2-3H3,(H,35,40)(H2,31,33,34)/t18?,25-,26+,28+,29+,46?/m0/s1. The van der Waals surface area contributed by atoms with E-state index in [2.05, 4.69) is 20.0 Å². The minimum absolute atomic E-state index is 0.0163. The quantitative estimate of drug-likeness (QED) is 0.125. The van der Waals surface area contributed by atoms with Crippen LogP contribution in [-0.4, -0.2) is 78.6 Å². The molecule has 248 valence electrons. The summed E-state index contributed by atoms with van der Waals surface area (Å²) in [6.45, 7) is 2.04. The van der Waals surface area contributed by atoms with Gasteiger partial charge in [0.05, 0.1) is 12.9 Å². The van der Waals surface area contributed by atoms with Gasteiger partial charge in [0.15, 0.2) is 23.5 Å². The van der Waals surface area contributed by atoms with Crippen LogP contribution in [0.2, 0.25) is 0 Å². The van der Waals surface area contributed by atoms with E-state index in [0.717, 1.165) is 30.2 Å². The van der Waals surface area contributed by atoms with Gasteiger partial charge < -0.3 is 34.7 Å². The molecule has 1 aliphatic carbocycles. The molecule has 2 fully saturated rings. The third-order valence-corrected chi connectivity index (χ3v) is 9.25. The normalized spacial score (nSPS) is 27.0. The third-order valence-electron chi connectivity index (χ3n) is 7.62. The number of anilines is 1. The highest BCUT2D eigenvalue weighted by molar-refractivity contribution is 7.52. The Balaban J connectivity index is 1.39. The van der Waals surface area contributed by atoms with E-state index in [4.69, 9.17) is 35.4 Å². The number of aliphatic hydroxyl groups excluding tert-OH is 1. The molecule has 46 heavy (non-hydrogen) atoms. The van der Waals surface area contributed by atoms with Crippen LogP contribution in [0, 0.1) is 12.3 Å². The summed E-state index contributed by atoms with van der Waals surface area (Å²) in [5, 5.41) is 24.8. The zero-order valence-corrected chi connectivity index (χ0v) is 26.1. The number of esters is 1. The number of para-hydroxylation sites is 1. The highest BCUT2D eigenvalue weighted by Crippen LogP contribution is 2.51. The molecule has 1 aromatic carbocycles. The first-order valence-corrected chi connectivity index (χ1v) is 16.3. The number of hydrogen-bond acceptors (Lipinski definition) is 13. The molecule has 1 saturated heterocycles. The lowest BCUT2D eigenvalue weighted by Crippen LogP contribution is -2.50. The fourth-order valence-electron chi connectivity index (χ4n) is 5.27. The van der Waals surface area contributed by atoms with Crippen molar-refractivity contribution in [2.24, 2.45) is 0 Å². The number of alkyl halides is 1. The van der Waals surface area contributed by atoms with Gasteiger partial charge >= 0.3 is 13.7 Å². The Bertz CT molecular complexity index is 1630. The molecule has 2 aromatic heterocycles. The summed E-state index contributed by atoms with van der Waals surface area (Å²) in [6.07, 6.45) is 6.47. The molecule has 1 aliphatic heterocycles. The van der Waals surface area contributed by atoms with Crippen molar-refractivity contribution in [1.82, 2.24) is 24.6 Å². The highest BCUT2D eigenvalue weighted by Gasteiger charge is 2.66. The minimum atomic E-state index is -4.60. The number of benzene rings is 1. The molecule has 5 N–H and O–H groups in total. The second-order valence-electron chi connectivity index (χ2n) is 11.0. The Hall–Kier alpha value is -3.84. The van der Waals surface area contributed by atoms with E-state index >= 15 is 4.39 Å². The number of carbonyl (C=O) groups excluding carboxylic acids is 1. The second kappa shape index (κ2) is 13.5. The maximum absolute atomic E-state index is 16.5. The number of nitrogens with zero attached hydrogens (tertiary/aromatic N) is 4. The molecule has 0 radical (unpaired) electrons. The summed E-state index contributed by atoms with van der Waals surface area (Å²) in [5.74, 6) is -2.14. The van der Waals surface area contributed by atoms with E-state index < -0.39 is 50.2 Å². The van der Waals surface area contributed by atoms with Crippen molar-refractivity contribution in [3.05, 3.63) is 36.7 Å². The van der Waals surface area contributed by atoms with Gasteiger partial charge in [0.1, 0.15) is 24.5 Å². The largest absolute Gasteiger partial charge is 0.476 e. The number of hydrogen-bond donors (Lipinski definition) is 4. The fraction of sp³-hybridized carbons (Fsp3) is 0.517. The Morgan fingerprint density at radius 1 is 1.30 bits per heavy atom. The van der Waals surface area contributed by atoms with Crippen molar-refractivity contribution in [3.8, 4) is 24.0 Å². The summed E-state index contributed by atoms with van der Waals surface area (Å²) in [5.41, 5.74) is 3.16. The Morgan fingerprint density at radius 3 is 2.70 bits per heavy atom. The molecule has 0 bridgehead atoms. The molecule has 3 heterocycles. The number of nitrogens with one attached hydrogen (secondary N) is 1. The Kier molecular flexibility index (Phi) is 9.83. The molecular formula is C29H36FN6O9P. The van der Waals surface area contributed by atoms with Crippen LogP contribution in [0.1, 0.15) is 52.2 Å². The Morgan fingerprint density at radius 2 is 2.02 bits per heavy atom. The van der Waals surface area contributed by atoms with Crippen LogP contribution in [0.4, 0.5) is 10.3 Å². The molecule has 2 aliphatic rings. The third kappa shape index (κ3) is 6.80. The van der Waals surface area contributed by atoms with E-state index in [1.807, 2.05) is 5.92 Å². The number of aromatic nitrogens is 4. The van der Waals surface area contributed by atoms with Gasteiger partial charge in [-0.3, -0.25) is 13.9 Å². The van der Waals surface area contributed by atoms with Crippen LogP contribution < -0.4 is 20.1 Å². The van der Waals surface area contributed by atoms with Gasteiger partial charge in [0.2, 0.25) is 17.4 Å². The topological polar surface area (TPSA) is 202 Å². The summed E-state index contributed by atoms with van der Waals surface area (Å²) >= 11 is 0. The molecule has 1 saturated carbocycles. The molecule has 0 amide bonds. The van der Waals surface area contributed by atoms with Crippen LogP contribution in [0.3, 0.4) is 0 Å². The van der Waals surface area contributed by atoms with E-state index in [-0.39, 0.29) is 41.5 Å². The smallest absolute Gasteiger partial charge is 0.459 e. The number of carbonyl (C=O) groups is 1. The molecule has 15 nitrogen and oxygen atoms in total. The van der Waals surface area contributed by atoms with E-state index in [9.17, 15) is 19.6 Å². The average molecular weight is 663 g/mol. The highest BCUT2D eigenvalue weighted by atomic mass is 31.2. The molecule has 0 spiro atoms. The lowest BCUT2D eigenvalue weighted by atomic mass is 9.94. The minimum Gasteiger partial charge on any atom is -0.476 e. The van der Waals surface area contributed by atoms with Crippen LogP contribution >= 0.6 is 7.75 Å². The molecule has 17 heteroatoms. The zero-order chi connectivity index (χ0) is 33.1. The fourth-order valence-corrected chi connectivity index (χ4v) is 6.78. The van der Waals surface area contributed by atoms with Crippen molar-refractivity contribution in [3.63, 3.8) is 0 Å².